The molecule has 0 fully saturated rings. The average Bonchev–Trinajstić information content (AvgIpc) is 2.24. The van der Waals surface area contributed by atoms with E-state index in [0.29, 0.717) is 12.1 Å². The topological polar surface area (TPSA) is 29.1 Å². The third-order valence-electron chi connectivity index (χ3n) is 1.15. The normalized spacial score (nSPS) is 8.86. The lowest BCUT2D eigenvalue weighted by atomic mass is 10.2. The van der Waals surface area contributed by atoms with E-state index in [1.54, 1.807) is 6.08 Å². The van der Waals surface area contributed by atoms with Crippen LogP contribution in [-0.2, 0) is 4.79 Å². The number of carbonyl (C=O) groups excluding carboxylic acids is 1. The van der Waals surface area contributed by atoms with E-state index < -0.39 is 0 Å². The van der Waals surface area contributed by atoms with Crippen LogP contribution in [-0.4, -0.2) is 19.4 Å². The summed E-state index contributed by atoms with van der Waals surface area (Å²) in [6.07, 6.45) is 3.38. The zero-order valence-electron chi connectivity index (χ0n) is 10.5. The number of hydrogen-bond acceptors (Lipinski definition) is 2. The average molecular weight is 199 g/mol. The van der Waals surface area contributed by atoms with Gasteiger partial charge in [-0.3, -0.25) is 4.79 Å². The number of hydrogen-bond donors (Lipinski definition) is 1. The molecule has 2 nitrogen and oxygen atoms in total. The molecule has 0 unspecified atom stereocenters. The first-order valence-corrected chi connectivity index (χ1v) is 5.20. The van der Waals surface area contributed by atoms with Crippen LogP contribution in [0.1, 0.15) is 34.6 Å². The molecule has 0 bridgehead atoms. The monoisotopic (exact) mass is 199 g/mol. The Morgan fingerprint density at radius 3 is 1.93 bits per heavy atom. The molecular formula is C12H25NO. The van der Waals surface area contributed by atoms with Crippen molar-refractivity contribution in [1.29, 1.82) is 0 Å². The zero-order chi connectivity index (χ0) is 12.0. The maximum Gasteiger partial charge on any atom is 0.159 e. The lowest BCUT2D eigenvalue weighted by molar-refractivity contribution is -0.113. The molecule has 0 heterocycles. The van der Waals surface area contributed by atoms with Gasteiger partial charge in [0.2, 0.25) is 0 Å². The molecule has 0 spiro atoms. The number of ketones is 1. The summed E-state index contributed by atoms with van der Waals surface area (Å²) in [4.78, 5) is 10.7. The second-order valence-electron chi connectivity index (χ2n) is 1.98. The van der Waals surface area contributed by atoms with Crippen LogP contribution < -0.4 is 5.32 Å². The summed E-state index contributed by atoms with van der Waals surface area (Å²) in [5.41, 5.74) is 0.675. The number of Topliss-reactive ketones (excluding diaryl/α,β-unsaturated/α-hetero) is 1. The highest BCUT2D eigenvalue weighted by atomic mass is 16.1. The number of allylic oxidation sites excluding steroid dienone is 2. The van der Waals surface area contributed by atoms with Gasteiger partial charge in [0.25, 0.3) is 0 Å². The van der Waals surface area contributed by atoms with Gasteiger partial charge in [-0.25, -0.2) is 0 Å². The Morgan fingerprint density at radius 1 is 1.29 bits per heavy atom. The summed E-state index contributed by atoms with van der Waals surface area (Å²) in [7, 11) is 1.83. The molecule has 84 valence electrons. The van der Waals surface area contributed by atoms with E-state index in [-0.39, 0.29) is 5.78 Å². The van der Waals surface area contributed by atoms with Gasteiger partial charge in [-0.15, -0.1) is 0 Å². The highest BCUT2D eigenvalue weighted by Gasteiger charge is 1.94. The third kappa shape index (κ3) is 13.7. The predicted octanol–water partition coefficient (Wildman–Crippen LogP) is 2.96. The molecule has 0 rings (SSSR count). The van der Waals surface area contributed by atoms with Crippen LogP contribution in [0.4, 0.5) is 0 Å². The van der Waals surface area contributed by atoms with Gasteiger partial charge in [0.05, 0.1) is 0 Å². The van der Waals surface area contributed by atoms with Crippen molar-refractivity contribution in [3.8, 4) is 0 Å². The minimum absolute atomic E-state index is 0.0604. The van der Waals surface area contributed by atoms with E-state index >= 15 is 0 Å². The number of carbonyl (C=O) groups is 1. The first-order chi connectivity index (χ1) is 6.72. The van der Waals surface area contributed by atoms with Crippen LogP contribution in [0, 0.1) is 0 Å². The SMILES string of the molecule is C=C/C(=C\CNC)C(C)=O.CC.CC. The van der Waals surface area contributed by atoms with E-state index in [1.165, 1.54) is 6.92 Å². The molecule has 0 aliphatic heterocycles. The molecule has 14 heavy (non-hydrogen) atoms. The van der Waals surface area contributed by atoms with E-state index in [4.69, 9.17) is 0 Å². The van der Waals surface area contributed by atoms with Crippen LogP contribution in [0.3, 0.4) is 0 Å². The van der Waals surface area contributed by atoms with Crippen molar-refractivity contribution < 1.29 is 4.79 Å². The summed E-state index contributed by atoms with van der Waals surface area (Å²) < 4.78 is 0. The van der Waals surface area contributed by atoms with Crippen molar-refractivity contribution in [3.05, 3.63) is 24.3 Å². The quantitative estimate of drug-likeness (QED) is 0.557. The molecule has 0 aliphatic carbocycles. The third-order valence-corrected chi connectivity index (χ3v) is 1.15. The van der Waals surface area contributed by atoms with E-state index in [1.807, 2.05) is 40.8 Å². The standard InChI is InChI=1S/C8H13NO.2C2H6/c1-4-8(7(2)10)5-6-9-3;2*1-2/h4-5,9H,1,6H2,2-3H3;2*1-2H3/b8-5+;;. The fourth-order valence-electron chi connectivity index (χ4n) is 0.583. The molecule has 0 saturated heterocycles. The summed E-state index contributed by atoms with van der Waals surface area (Å²) in [5.74, 6) is 0.0604. The number of nitrogens with one attached hydrogen (secondary N) is 1. The van der Waals surface area contributed by atoms with Crippen LogP contribution in [0.25, 0.3) is 0 Å². The summed E-state index contributed by atoms with van der Waals surface area (Å²) in [6, 6.07) is 0. The molecule has 0 atom stereocenters. The predicted molar refractivity (Wildman–Crippen MR) is 65.6 cm³/mol. The van der Waals surface area contributed by atoms with Crippen molar-refractivity contribution in [1.82, 2.24) is 5.32 Å². The maximum absolute atomic E-state index is 10.7. The van der Waals surface area contributed by atoms with Crippen molar-refractivity contribution >= 4 is 5.78 Å². The van der Waals surface area contributed by atoms with Crippen molar-refractivity contribution in [2.45, 2.75) is 34.6 Å². The van der Waals surface area contributed by atoms with Gasteiger partial charge >= 0.3 is 0 Å². The Bertz CT molecular complexity index is 160. The Balaban J connectivity index is -0.000000266. The van der Waals surface area contributed by atoms with Gasteiger partial charge in [0.1, 0.15) is 0 Å². The molecular weight excluding hydrogens is 174 g/mol. The van der Waals surface area contributed by atoms with Gasteiger partial charge in [0, 0.05) is 12.1 Å². The van der Waals surface area contributed by atoms with Crippen molar-refractivity contribution in [3.63, 3.8) is 0 Å². The lowest BCUT2D eigenvalue weighted by Crippen LogP contribution is -2.06. The van der Waals surface area contributed by atoms with Gasteiger partial charge in [-0.2, -0.15) is 0 Å². The minimum atomic E-state index is 0.0604. The van der Waals surface area contributed by atoms with Gasteiger partial charge in [-0.05, 0) is 14.0 Å². The molecule has 0 saturated carbocycles. The zero-order valence-corrected chi connectivity index (χ0v) is 10.5. The van der Waals surface area contributed by atoms with Crippen LogP contribution >= 0.6 is 0 Å². The molecule has 1 N–H and O–H groups in total. The van der Waals surface area contributed by atoms with Gasteiger partial charge in [-0.1, -0.05) is 46.4 Å². The fourth-order valence-corrected chi connectivity index (χ4v) is 0.583. The van der Waals surface area contributed by atoms with Crippen molar-refractivity contribution in [2.75, 3.05) is 13.6 Å². The summed E-state index contributed by atoms with van der Waals surface area (Å²) in [5, 5.41) is 2.91. The van der Waals surface area contributed by atoms with Crippen LogP contribution in [0.5, 0.6) is 0 Å². The molecule has 0 aromatic rings. The highest BCUT2D eigenvalue weighted by molar-refractivity contribution is 5.95. The second kappa shape index (κ2) is 18.0. The fraction of sp³-hybridized carbons (Fsp3) is 0.583. The molecule has 0 amide bonds. The lowest BCUT2D eigenvalue weighted by Gasteiger charge is -1.94. The van der Waals surface area contributed by atoms with Crippen molar-refractivity contribution in [2.24, 2.45) is 0 Å². The highest BCUT2D eigenvalue weighted by Crippen LogP contribution is 1.95. The first-order valence-electron chi connectivity index (χ1n) is 5.20. The largest absolute Gasteiger partial charge is 0.316 e. The Morgan fingerprint density at radius 2 is 1.71 bits per heavy atom. The molecule has 0 aliphatic rings. The minimum Gasteiger partial charge on any atom is -0.316 e. The van der Waals surface area contributed by atoms with Gasteiger partial charge in [0.15, 0.2) is 5.78 Å². The van der Waals surface area contributed by atoms with E-state index in [0.717, 1.165) is 0 Å². The molecule has 0 aromatic carbocycles. The van der Waals surface area contributed by atoms with Crippen LogP contribution in [0.15, 0.2) is 24.3 Å². The van der Waals surface area contributed by atoms with E-state index in [9.17, 15) is 4.79 Å². The molecule has 0 radical (unpaired) electrons. The first kappa shape index (κ1) is 18.8. The Kier molecular flexibility index (Phi) is 24.2. The summed E-state index contributed by atoms with van der Waals surface area (Å²) in [6.45, 7) is 13.8. The second-order valence-corrected chi connectivity index (χ2v) is 1.98. The summed E-state index contributed by atoms with van der Waals surface area (Å²) >= 11 is 0. The molecule has 2 heteroatoms. The maximum atomic E-state index is 10.7. The van der Waals surface area contributed by atoms with Crippen LogP contribution in [0.2, 0.25) is 0 Å². The Labute approximate surface area is 89.1 Å². The number of likely N-dealkylation sites (N-methyl/N-ethyl adjacent to an activating group) is 1. The number of rotatable bonds is 4. The Hall–Kier alpha value is -0.890. The van der Waals surface area contributed by atoms with E-state index in [2.05, 4.69) is 11.9 Å². The molecule has 0 aromatic heterocycles. The smallest absolute Gasteiger partial charge is 0.159 e. The van der Waals surface area contributed by atoms with Gasteiger partial charge < -0.3 is 5.32 Å².